The molecule has 1 unspecified atom stereocenters. The molecule has 168 valence electrons. The third-order valence-electron chi connectivity index (χ3n) is 6.55. The number of aryl methyl sites for hydroxylation is 1. The lowest BCUT2D eigenvalue weighted by atomic mass is 10.1. The first-order valence-corrected chi connectivity index (χ1v) is 11.1. The van der Waals surface area contributed by atoms with Crippen LogP contribution in [0, 0.1) is 12.7 Å². The maximum atomic E-state index is 13.6. The third-order valence-corrected chi connectivity index (χ3v) is 6.55. The lowest BCUT2D eigenvalue weighted by Gasteiger charge is -2.39. The number of amides is 1. The molecule has 2 saturated heterocycles. The van der Waals surface area contributed by atoms with Crippen LogP contribution in [-0.2, 0) is 11.3 Å². The number of halogens is 1. The minimum absolute atomic E-state index is 0.0752. The average molecular weight is 430 g/mol. The smallest absolute Gasteiger partial charge is 0.239 e. The Balaban J connectivity index is 1.32. The van der Waals surface area contributed by atoms with Crippen molar-refractivity contribution in [1.82, 2.24) is 20.0 Å². The molecule has 1 amide bonds. The topological polar surface area (TPSA) is 64.3 Å². The quantitative estimate of drug-likeness (QED) is 0.598. The molecule has 0 bridgehead atoms. The van der Waals surface area contributed by atoms with Gasteiger partial charge in [0.2, 0.25) is 5.91 Å². The highest BCUT2D eigenvalue weighted by molar-refractivity contribution is 5.83. The van der Waals surface area contributed by atoms with Gasteiger partial charge in [0, 0.05) is 57.3 Å². The van der Waals surface area contributed by atoms with E-state index in [4.69, 9.17) is 4.42 Å². The van der Waals surface area contributed by atoms with Crippen LogP contribution >= 0.6 is 0 Å². The molecule has 2 aromatic rings. The molecule has 1 aromatic carbocycles. The summed E-state index contributed by atoms with van der Waals surface area (Å²) >= 11 is 0. The van der Waals surface area contributed by atoms with Gasteiger partial charge < -0.3 is 19.5 Å². The van der Waals surface area contributed by atoms with E-state index in [9.17, 15) is 9.18 Å². The Labute approximate surface area is 182 Å². The zero-order valence-corrected chi connectivity index (χ0v) is 18.7. The first-order chi connectivity index (χ1) is 15.0. The Kier molecular flexibility index (Phi) is 6.46. The predicted octanol–water partition coefficient (Wildman–Crippen LogP) is 2.58. The number of nitrogens with one attached hydrogen (secondary N) is 1. The monoisotopic (exact) mass is 429 g/mol. The van der Waals surface area contributed by atoms with Crippen LogP contribution in [0.1, 0.15) is 31.1 Å². The molecular weight excluding hydrogens is 397 g/mol. The molecule has 1 atom stereocenters. The molecule has 0 aliphatic carbocycles. The van der Waals surface area contributed by atoms with E-state index in [1.807, 2.05) is 18.7 Å². The molecule has 4 rings (SSSR count). The number of hydrogen-bond acceptors (Lipinski definition) is 4. The number of benzene rings is 1. The normalized spacial score (nSPS) is 19.3. The molecule has 8 heteroatoms. The molecule has 0 radical (unpaired) electrons. The Morgan fingerprint density at radius 3 is 2.55 bits per heavy atom. The van der Waals surface area contributed by atoms with Gasteiger partial charge in [0.05, 0.1) is 12.6 Å². The van der Waals surface area contributed by atoms with Crippen molar-refractivity contribution in [2.45, 2.75) is 39.3 Å². The van der Waals surface area contributed by atoms with Gasteiger partial charge in [0.1, 0.15) is 17.2 Å². The minimum atomic E-state index is -0.262. The lowest BCUT2D eigenvalue weighted by Crippen LogP contribution is -2.57. The van der Waals surface area contributed by atoms with Crippen molar-refractivity contribution in [2.24, 2.45) is 4.99 Å². The number of likely N-dealkylation sites (tertiary alicyclic amines) is 1. The predicted molar refractivity (Wildman–Crippen MR) is 120 cm³/mol. The summed E-state index contributed by atoms with van der Waals surface area (Å²) in [5.41, 5.74) is 1.63. The van der Waals surface area contributed by atoms with E-state index in [0.29, 0.717) is 12.1 Å². The summed E-state index contributed by atoms with van der Waals surface area (Å²) in [5, 5.41) is 4.18. The van der Waals surface area contributed by atoms with Crippen molar-refractivity contribution in [3.8, 4) is 0 Å². The van der Waals surface area contributed by atoms with Gasteiger partial charge in [-0.3, -0.25) is 14.7 Å². The Hall–Kier alpha value is -2.61. The highest BCUT2D eigenvalue weighted by atomic mass is 19.1. The second kappa shape index (κ2) is 9.26. The highest BCUT2D eigenvalue weighted by Gasteiger charge is 2.30. The van der Waals surface area contributed by atoms with Crippen molar-refractivity contribution >= 4 is 22.8 Å². The van der Waals surface area contributed by atoms with E-state index in [2.05, 4.69) is 20.1 Å². The van der Waals surface area contributed by atoms with Crippen LogP contribution in [0.4, 0.5) is 4.39 Å². The van der Waals surface area contributed by atoms with Crippen molar-refractivity contribution in [3.05, 3.63) is 35.3 Å². The zero-order chi connectivity index (χ0) is 22.0. The molecule has 2 aliphatic rings. The van der Waals surface area contributed by atoms with Gasteiger partial charge >= 0.3 is 0 Å². The summed E-state index contributed by atoms with van der Waals surface area (Å²) in [6.45, 7) is 9.51. The number of aliphatic imine (C=N–C) groups is 1. The van der Waals surface area contributed by atoms with E-state index in [1.54, 1.807) is 13.1 Å². The maximum Gasteiger partial charge on any atom is 0.239 e. The van der Waals surface area contributed by atoms with Crippen LogP contribution in [0.15, 0.2) is 27.6 Å². The van der Waals surface area contributed by atoms with Gasteiger partial charge in [-0.2, -0.15) is 0 Å². The molecule has 31 heavy (non-hydrogen) atoms. The van der Waals surface area contributed by atoms with Crippen LogP contribution in [0.25, 0.3) is 11.0 Å². The van der Waals surface area contributed by atoms with Gasteiger partial charge in [-0.25, -0.2) is 4.39 Å². The highest BCUT2D eigenvalue weighted by Crippen LogP contribution is 2.26. The fraction of sp³-hybridized carbons (Fsp3) is 0.565. The van der Waals surface area contributed by atoms with Crippen molar-refractivity contribution in [3.63, 3.8) is 0 Å². The molecule has 0 saturated carbocycles. The minimum Gasteiger partial charge on any atom is -0.459 e. The van der Waals surface area contributed by atoms with Crippen LogP contribution in [0.3, 0.4) is 0 Å². The number of guanidine groups is 1. The second-order valence-corrected chi connectivity index (χ2v) is 8.42. The molecule has 1 N–H and O–H groups in total. The number of furan rings is 1. The van der Waals surface area contributed by atoms with Crippen molar-refractivity contribution < 1.29 is 13.6 Å². The van der Waals surface area contributed by atoms with E-state index in [0.717, 1.165) is 74.8 Å². The molecule has 7 nitrogen and oxygen atoms in total. The lowest BCUT2D eigenvalue weighted by molar-refractivity contribution is -0.135. The van der Waals surface area contributed by atoms with Crippen LogP contribution in [0.2, 0.25) is 0 Å². The summed E-state index contributed by atoms with van der Waals surface area (Å²) in [6, 6.07) is 4.51. The van der Waals surface area contributed by atoms with E-state index in [1.165, 1.54) is 12.1 Å². The van der Waals surface area contributed by atoms with E-state index < -0.39 is 0 Å². The summed E-state index contributed by atoms with van der Waals surface area (Å²) in [5.74, 6) is 1.58. The first-order valence-electron chi connectivity index (χ1n) is 11.1. The van der Waals surface area contributed by atoms with Gasteiger partial charge in [0.25, 0.3) is 0 Å². The summed E-state index contributed by atoms with van der Waals surface area (Å²) in [6.07, 6.45) is 2.24. The molecule has 1 aromatic heterocycles. The summed E-state index contributed by atoms with van der Waals surface area (Å²) in [7, 11) is 1.77. The van der Waals surface area contributed by atoms with Gasteiger partial charge in [-0.1, -0.05) is 0 Å². The Morgan fingerprint density at radius 2 is 1.87 bits per heavy atom. The molecular formula is C23H32FN5O2. The SMILES string of the molecule is CN=C(NCc1oc2ccc(F)cc2c1C)N1CCN(C(C)C(=O)N2CCCC2)CC1. The number of fused-ring (bicyclic) bond motifs is 1. The van der Waals surface area contributed by atoms with E-state index in [-0.39, 0.29) is 17.8 Å². The standard InChI is InChI=1S/C23H32FN5O2/c1-16-19-14-18(24)6-7-20(19)31-21(16)15-26-23(25-3)29-12-10-27(11-13-29)17(2)22(30)28-8-4-5-9-28/h6-7,14,17H,4-5,8-13,15H2,1-3H3,(H,25,26). The maximum absolute atomic E-state index is 13.6. The van der Waals surface area contributed by atoms with Gasteiger partial charge in [-0.05, 0) is 44.9 Å². The summed E-state index contributed by atoms with van der Waals surface area (Å²) in [4.78, 5) is 23.6. The van der Waals surface area contributed by atoms with Crippen LogP contribution in [0.5, 0.6) is 0 Å². The second-order valence-electron chi connectivity index (χ2n) is 8.42. The number of piperazine rings is 1. The fourth-order valence-corrected chi connectivity index (χ4v) is 4.58. The Bertz CT molecular complexity index is 958. The molecule has 2 aliphatic heterocycles. The van der Waals surface area contributed by atoms with Crippen LogP contribution in [-0.4, -0.2) is 78.9 Å². The number of hydrogen-bond donors (Lipinski definition) is 1. The Morgan fingerprint density at radius 1 is 1.16 bits per heavy atom. The number of carbonyl (C=O) groups is 1. The number of carbonyl (C=O) groups excluding carboxylic acids is 1. The largest absolute Gasteiger partial charge is 0.459 e. The van der Waals surface area contributed by atoms with Gasteiger partial charge in [-0.15, -0.1) is 0 Å². The van der Waals surface area contributed by atoms with Crippen molar-refractivity contribution in [2.75, 3.05) is 46.3 Å². The molecule has 3 heterocycles. The molecule has 0 spiro atoms. The van der Waals surface area contributed by atoms with Gasteiger partial charge in [0.15, 0.2) is 5.96 Å². The average Bonchev–Trinajstić information content (AvgIpc) is 3.43. The first kappa shape index (κ1) is 21.6. The summed E-state index contributed by atoms with van der Waals surface area (Å²) < 4.78 is 19.5. The zero-order valence-electron chi connectivity index (χ0n) is 18.7. The number of nitrogens with zero attached hydrogens (tertiary/aromatic N) is 4. The van der Waals surface area contributed by atoms with Crippen LogP contribution < -0.4 is 5.32 Å². The fourth-order valence-electron chi connectivity index (χ4n) is 4.58. The third kappa shape index (κ3) is 4.54. The molecule has 2 fully saturated rings. The number of rotatable bonds is 4. The van der Waals surface area contributed by atoms with Crippen molar-refractivity contribution in [1.29, 1.82) is 0 Å². The van der Waals surface area contributed by atoms with E-state index >= 15 is 0 Å².